The van der Waals surface area contributed by atoms with E-state index in [0.717, 1.165) is 11.3 Å². The molecule has 1 heterocycles. The minimum Gasteiger partial charge on any atom is -0.347 e. The summed E-state index contributed by atoms with van der Waals surface area (Å²) in [5.41, 5.74) is 6.91. The Morgan fingerprint density at radius 1 is 1.61 bits per heavy atom. The fourth-order valence-electron chi connectivity index (χ4n) is 2.09. The lowest BCUT2D eigenvalue weighted by Crippen LogP contribution is -2.41. The summed E-state index contributed by atoms with van der Waals surface area (Å²) in [6, 6.07) is 2.15. The van der Waals surface area contributed by atoms with Crippen molar-refractivity contribution in [2.75, 3.05) is 6.54 Å². The number of amides is 1. The standard InChI is InChI=1S/C13H20N2OS.ClH/c1-3-11-8(2)6-12(17-11)13(16)15-10(7-14)9-4-5-9;/h6,9-10H,3-5,7,14H2,1-2H3,(H,15,16);1H. The molecule has 0 radical (unpaired) electrons. The summed E-state index contributed by atoms with van der Waals surface area (Å²) in [5, 5.41) is 3.06. The quantitative estimate of drug-likeness (QED) is 0.875. The van der Waals surface area contributed by atoms with Crippen LogP contribution in [0, 0.1) is 12.8 Å². The summed E-state index contributed by atoms with van der Waals surface area (Å²) in [7, 11) is 0. The van der Waals surface area contributed by atoms with Gasteiger partial charge in [-0.05, 0) is 43.7 Å². The Hall–Kier alpha value is -0.580. The Balaban J connectivity index is 0.00000162. The third-order valence-corrected chi connectivity index (χ3v) is 4.71. The van der Waals surface area contributed by atoms with Crippen molar-refractivity contribution < 1.29 is 4.79 Å². The van der Waals surface area contributed by atoms with Gasteiger partial charge in [0.1, 0.15) is 0 Å². The average Bonchev–Trinajstić information content (AvgIpc) is 3.09. The molecule has 102 valence electrons. The molecule has 3 N–H and O–H groups in total. The van der Waals surface area contributed by atoms with Gasteiger partial charge in [0.05, 0.1) is 4.88 Å². The zero-order chi connectivity index (χ0) is 12.4. The van der Waals surface area contributed by atoms with Crippen molar-refractivity contribution in [3.8, 4) is 0 Å². The number of hydrogen-bond donors (Lipinski definition) is 2. The molecule has 0 saturated heterocycles. The largest absolute Gasteiger partial charge is 0.347 e. The molecule has 18 heavy (non-hydrogen) atoms. The Bertz CT molecular complexity index is 415. The van der Waals surface area contributed by atoms with Crippen LogP contribution < -0.4 is 11.1 Å². The lowest BCUT2D eigenvalue weighted by Gasteiger charge is -2.15. The van der Waals surface area contributed by atoms with E-state index in [4.69, 9.17) is 5.73 Å². The molecule has 1 atom stereocenters. The van der Waals surface area contributed by atoms with E-state index in [1.807, 2.05) is 6.07 Å². The first kappa shape index (κ1) is 15.5. The topological polar surface area (TPSA) is 55.1 Å². The van der Waals surface area contributed by atoms with Crippen molar-refractivity contribution in [2.24, 2.45) is 11.7 Å². The van der Waals surface area contributed by atoms with Crippen molar-refractivity contribution in [3.63, 3.8) is 0 Å². The SMILES string of the molecule is CCc1sc(C(=O)NC(CN)C2CC2)cc1C.Cl. The Morgan fingerprint density at radius 2 is 2.28 bits per heavy atom. The van der Waals surface area contributed by atoms with E-state index >= 15 is 0 Å². The highest BCUT2D eigenvalue weighted by molar-refractivity contribution is 7.14. The second-order valence-electron chi connectivity index (χ2n) is 4.72. The highest BCUT2D eigenvalue weighted by atomic mass is 35.5. The van der Waals surface area contributed by atoms with Gasteiger partial charge in [0.25, 0.3) is 5.91 Å². The average molecular weight is 289 g/mol. The van der Waals surface area contributed by atoms with Gasteiger partial charge < -0.3 is 11.1 Å². The van der Waals surface area contributed by atoms with Crippen LogP contribution in [0.3, 0.4) is 0 Å². The van der Waals surface area contributed by atoms with Crippen LogP contribution >= 0.6 is 23.7 Å². The zero-order valence-electron chi connectivity index (χ0n) is 10.9. The van der Waals surface area contributed by atoms with Gasteiger partial charge in [0.2, 0.25) is 0 Å². The number of aryl methyl sites for hydroxylation is 2. The molecule has 0 aromatic carbocycles. The molecule has 2 rings (SSSR count). The number of hydrogen-bond acceptors (Lipinski definition) is 3. The molecular formula is C13H21ClN2OS. The van der Waals surface area contributed by atoms with E-state index in [2.05, 4.69) is 19.2 Å². The first-order valence-electron chi connectivity index (χ1n) is 6.26. The van der Waals surface area contributed by atoms with Crippen LogP contribution in [0.5, 0.6) is 0 Å². The Morgan fingerprint density at radius 3 is 2.72 bits per heavy atom. The first-order chi connectivity index (χ1) is 8.15. The molecule has 0 spiro atoms. The molecule has 1 aromatic rings. The Labute approximate surface area is 119 Å². The lowest BCUT2D eigenvalue weighted by molar-refractivity contribution is 0.0937. The highest BCUT2D eigenvalue weighted by Gasteiger charge is 2.31. The summed E-state index contributed by atoms with van der Waals surface area (Å²) in [5.74, 6) is 0.649. The number of rotatable bonds is 5. The number of nitrogens with two attached hydrogens (primary N) is 1. The van der Waals surface area contributed by atoms with Crippen LogP contribution in [0.4, 0.5) is 0 Å². The summed E-state index contributed by atoms with van der Waals surface area (Å²) in [6.07, 6.45) is 3.39. The second-order valence-corrected chi connectivity index (χ2v) is 5.86. The fraction of sp³-hybridized carbons (Fsp3) is 0.615. The predicted octanol–water partition coefficient (Wildman–Crippen LogP) is 2.51. The third kappa shape index (κ3) is 3.46. The van der Waals surface area contributed by atoms with Crippen molar-refractivity contribution in [1.82, 2.24) is 5.32 Å². The molecule has 1 aliphatic carbocycles. The van der Waals surface area contributed by atoms with Crippen molar-refractivity contribution in [1.29, 1.82) is 0 Å². The molecule has 1 aromatic heterocycles. The maximum absolute atomic E-state index is 12.1. The van der Waals surface area contributed by atoms with E-state index in [1.165, 1.54) is 23.3 Å². The molecular weight excluding hydrogens is 268 g/mol. The van der Waals surface area contributed by atoms with Gasteiger partial charge in [-0.3, -0.25) is 4.79 Å². The summed E-state index contributed by atoms with van der Waals surface area (Å²) in [4.78, 5) is 14.2. The monoisotopic (exact) mass is 288 g/mol. The minimum atomic E-state index is 0. The van der Waals surface area contributed by atoms with Crippen LogP contribution in [-0.2, 0) is 6.42 Å². The molecule has 5 heteroatoms. The highest BCUT2D eigenvalue weighted by Crippen LogP contribution is 2.32. The van der Waals surface area contributed by atoms with Gasteiger partial charge in [0.15, 0.2) is 0 Å². The zero-order valence-corrected chi connectivity index (χ0v) is 12.5. The second kappa shape index (κ2) is 6.55. The van der Waals surface area contributed by atoms with E-state index in [0.29, 0.717) is 12.5 Å². The van der Waals surface area contributed by atoms with Gasteiger partial charge in [0, 0.05) is 17.5 Å². The van der Waals surface area contributed by atoms with E-state index in [1.54, 1.807) is 11.3 Å². The van der Waals surface area contributed by atoms with Crippen molar-refractivity contribution >= 4 is 29.7 Å². The molecule has 3 nitrogen and oxygen atoms in total. The smallest absolute Gasteiger partial charge is 0.261 e. The number of carbonyl (C=O) groups excluding carboxylic acids is 1. The molecule has 1 unspecified atom stereocenters. The molecule has 0 bridgehead atoms. The summed E-state index contributed by atoms with van der Waals surface area (Å²) >= 11 is 1.60. The van der Waals surface area contributed by atoms with E-state index in [9.17, 15) is 4.79 Å². The molecule has 1 saturated carbocycles. The normalized spacial score (nSPS) is 15.9. The van der Waals surface area contributed by atoms with Crippen LogP contribution in [0.1, 0.15) is 39.9 Å². The molecule has 1 aliphatic rings. The molecule has 0 aliphatic heterocycles. The maximum atomic E-state index is 12.1. The maximum Gasteiger partial charge on any atom is 0.261 e. The van der Waals surface area contributed by atoms with Gasteiger partial charge in [-0.1, -0.05) is 6.92 Å². The van der Waals surface area contributed by atoms with Crippen LogP contribution in [0.15, 0.2) is 6.07 Å². The lowest BCUT2D eigenvalue weighted by atomic mass is 10.2. The van der Waals surface area contributed by atoms with Gasteiger partial charge in [-0.2, -0.15) is 0 Å². The first-order valence-corrected chi connectivity index (χ1v) is 7.07. The van der Waals surface area contributed by atoms with E-state index in [-0.39, 0.29) is 24.4 Å². The summed E-state index contributed by atoms with van der Waals surface area (Å²) < 4.78 is 0. The number of carbonyl (C=O) groups is 1. The third-order valence-electron chi connectivity index (χ3n) is 3.33. The van der Waals surface area contributed by atoms with Gasteiger partial charge in [-0.15, -0.1) is 23.7 Å². The minimum absolute atomic E-state index is 0. The Kier molecular flexibility index (Phi) is 5.63. The van der Waals surface area contributed by atoms with Gasteiger partial charge >= 0.3 is 0 Å². The summed E-state index contributed by atoms with van der Waals surface area (Å²) in [6.45, 7) is 4.72. The predicted molar refractivity (Wildman–Crippen MR) is 78.7 cm³/mol. The van der Waals surface area contributed by atoms with Crippen LogP contribution in [-0.4, -0.2) is 18.5 Å². The fourth-order valence-corrected chi connectivity index (χ4v) is 3.11. The van der Waals surface area contributed by atoms with Crippen molar-refractivity contribution in [3.05, 3.63) is 21.4 Å². The van der Waals surface area contributed by atoms with E-state index < -0.39 is 0 Å². The molecule has 1 amide bonds. The van der Waals surface area contributed by atoms with Crippen molar-refractivity contribution in [2.45, 2.75) is 39.2 Å². The number of thiophene rings is 1. The number of halogens is 1. The molecule has 1 fully saturated rings. The number of nitrogens with one attached hydrogen (secondary N) is 1. The van der Waals surface area contributed by atoms with Crippen LogP contribution in [0.2, 0.25) is 0 Å². The van der Waals surface area contributed by atoms with Crippen LogP contribution in [0.25, 0.3) is 0 Å². The van der Waals surface area contributed by atoms with Gasteiger partial charge in [-0.25, -0.2) is 0 Å².